The number of nitrogens with zero attached hydrogens (tertiary/aromatic N) is 5. The van der Waals surface area contributed by atoms with Crippen LogP contribution in [0.5, 0.6) is 11.5 Å². The number of rotatable bonds is 12. The number of carboxylic acids is 1. The van der Waals surface area contributed by atoms with Gasteiger partial charge in [-0.1, -0.05) is 13.3 Å². The third-order valence-corrected chi connectivity index (χ3v) is 8.98. The third kappa shape index (κ3) is 6.74. The zero-order valence-corrected chi connectivity index (χ0v) is 26.1. The fraction of sp³-hybridized carbons (Fsp3) is 0.531. The van der Waals surface area contributed by atoms with Crippen LogP contribution >= 0.6 is 0 Å². The number of urea groups is 1. The predicted molar refractivity (Wildman–Crippen MR) is 162 cm³/mol. The van der Waals surface area contributed by atoms with Crippen LogP contribution in [0.15, 0.2) is 36.7 Å². The van der Waals surface area contributed by atoms with Crippen LogP contribution in [0.1, 0.15) is 49.7 Å². The molecule has 3 aliphatic rings. The largest absolute Gasteiger partial charge is 0.481 e. The number of amides is 4. The Balaban J connectivity index is 1.48. The number of pyridine rings is 1. The molecule has 0 aliphatic carbocycles. The molecular weight excluding hydrogens is 582 g/mol. The van der Waals surface area contributed by atoms with Gasteiger partial charge in [0.25, 0.3) is 0 Å². The summed E-state index contributed by atoms with van der Waals surface area (Å²) >= 11 is 0. The Morgan fingerprint density at radius 3 is 2.71 bits per heavy atom. The molecular formula is C32H42N5O8+. The van der Waals surface area contributed by atoms with Gasteiger partial charge in [0, 0.05) is 63.2 Å². The summed E-state index contributed by atoms with van der Waals surface area (Å²) in [6, 6.07) is 6.16. The number of carbonyl (C=O) groups is 4. The summed E-state index contributed by atoms with van der Waals surface area (Å²) in [5.41, 5.74) is 1.89. The van der Waals surface area contributed by atoms with E-state index in [4.69, 9.17) is 9.47 Å². The van der Waals surface area contributed by atoms with E-state index in [1.54, 1.807) is 24.1 Å². The summed E-state index contributed by atoms with van der Waals surface area (Å²) in [6.45, 7) is 2.80. The number of anilines is 1. The van der Waals surface area contributed by atoms with Crippen molar-refractivity contribution in [3.63, 3.8) is 0 Å². The molecule has 2 saturated heterocycles. The first-order chi connectivity index (χ1) is 21.6. The highest BCUT2D eigenvalue weighted by molar-refractivity contribution is 5.97. The summed E-state index contributed by atoms with van der Waals surface area (Å²) in [5, 5.41) is 20.7. The number of hydrogen-bond acceptors (Lipinski definition) is 8. The minimum atomic E-state index is -1.05. The number of aliphatic hydroxyl groups excluding tert-OH is 1. The quantitative estimate of drug-likeness (QED) is 0.337. The second kappa shape index (κ2) is 13.8. The fourth-order valence-electron chi connectivity index (χ4n) is 6.62. The molecule has 5 rings (SSSR count). The number of unbranched alkanes of at least 4 members (excludes halogenated alkanes) is 1. The van der Waals surface area contributed by atoms with Crippen molar-refractivity contribution < 1.29 is 43.4 Å². The molecule has 1 aromatic carbocycles. The number of aromatic nitrogens is 1. The zero-order chi connectivity index (χ0) is 32.2. The molecule has 0 saturated carbocycles. The summed E-state index contributed by atoms with van der Waals surface area (Å²) in [6.07, 6.45) is 5.83. The van der Waals surface area contributed by atoms with Crippen LogP contribution in [0.2, 0.25) is 0 Å². The smallest absolute Gasteiger partial charge is 0.326 e. The summed E-state index contributed by atoms with van der Waals surface area (Å²) in [7, 11) is 3.52. The Bertz CT molecular complexity index is 1450. The number of ether oxygens (including phenoxy) is 2. The average molecular weight is 625 g/mol. The number of aryl methyl sites for hydroxylation is 1. The number of carboxylic acid groups (broad SMARTS) is 1. The first kappa shape index (κ1) is 32.2. The molecule has 1 aromatic heterocycles. The minimum Gasteiger partial charge on any atom is -0.481 e. The van der Waals surface area contributed by atoms with Gasteiger partial charge in [-0.3, -0.25) is 24.2 Å². The molecule has 0 spiro atoms. The van der Waals surface area contributed by atoms with Crippen molar-refractivity contribution in [2.75, 3.05) is 51.5 Å². The maximum atomic E-state index is 14.0. The van der Waals surface area contributed by atoms with Crippen LogP contribution in [-0.4, -0.2) is 101 Å². The van der Waals surface area contributed by atoms with Gasteiger partial charge in [-0.05, 0) is 36.6 Å². The molecule has 0 bridgehead atoms. The maximum Gasteiger partial charge on any atom is 0.326 e. The van der Waals surface area contributed by atoms with E-state index >= 15 is 0 Å². The molecule has 0 unspecified atom stereocenters. The standard InChI is InChI=1S/C32H41N5O8/c1-4-5-11-36(23-7-6-10-33(2)16-23)28(40)18-35-17-24(21-14-22(19-38)30-26(15-21)44-20-45-30)29(31(41)42)25(35)8-13-37-27(39)9-12-34(3)32(37)43/h6-7,10,14-16,24-25,29,38H,4-5,8-9,11-13,17-20H2,1-3H3/p+1/t24-,25+,29-/m1/s1. The van der Waals surface area contributed by atoms with Gasteiger partial charge >= 0.3 is 12.0 Å². The topological polar surface area (TPSA) is 144 Å². The molecule has 2 fully saturated rings. The average Bonchev–Trinajstić information content (AvgIpc) is 3.64. The Morgan fingerprint density at radius 1 is 1.20 bits per heavy atom. The number of aliphatic hydroxyl groups is 1. The van der Waals surface area contributed by atoms with Gasteiger partial charge in [0.1, 0.15) is 12.7 Å². The van der Waals surface area contributed by atoms with Crippen LogP contribution in [0.25, 0.3) is 0 Å². The van der Waals surface area contributed by atoms with Gasteiger partial charge in [0.15, 0.2) is 23.9 Å². The van der Waals surface area contributed by atoms with E-state index in [2.05, 4.69) is 6.92 Å². The van der Waals surface area contributed by atoms with Crippen LogP contribution in [0, 0.1) is 5.92 Å². The molecule has 3 aliphatic heterocycles. The van der Waals surface area contributed by atoms with E-state index < -0.39 is 29.9 Å². The Kier molecular flexibility index (Phi) is 9.88. The molecule has 4 amide bonds. The van der Waals surface area contributed by atoms with Crippen molar-refractivity contribution in [3.8, 4) is 11.5 Å². The van der Waals surface area contributed by atoms with Crippen molar-refractivity contribution in [3.05, 3.63) is 47.8 Å². The van der Waals surface area contributed by atoms with Crippen LogP contribution in [0.4, 0.5) is 10.5 Å². The molecule has 2 N–H and O–H groups in total. The lowest BCUT2D eigenvalue weighted by molar-refractivity contribution is -0.670. The molecule has 242 valence electrons. The van der Waals surface area contributed by atoms with Gasteiger partial charge in [-0.2, -0.15) is 0 Å². The lowest BCUT2D eigenvalue weighted by Crippen LogP contribution is -2.52. The zero-order valence-electron chi connectivity index (χ0n) is 26.1. The third-order valence-electron chi connectivity index (χ3n) is 8.98. The lowest BCUT2D eigenvalue weighted by atomic mass is 9.83. The Hall–Kier alpha value is -4.23. The Labute approximate surface area is 262 Å². The van der Waals surface area contributed by atoms with Crippen molar-refractivity contribution >= 4 is 29.5 Å². The SMILES string of the molecule is CCCCN(C(=O)CN1C[C@H](c2cc(CO)c3c(c2)OCO3)[C@@H](C(=O)O)[C@@H]1CCN1C(=O)CCN(C)C1=O)c1ccc[n+](C)c1. The molecule has 2 aromatic rings. The Morgan fingerprint density at radius 2 is 2.00 bits per heavy atom. The highest BCUT2D eigenvalue weighted by atomic mass is 16.7. The monoisotopic (exact) mass is 624 g/mol. The van der Waals surface area contributed by atoms with Gasteiger partial charge in [0.05, 0.1) is 19.1 Å². The first-order valence-corrected chi connectivity index (χ1v) is 15.4. The molecule has 4 heterocycles. The highest BCUT2D eigenvalue weighted by Gasteiger charge is 2.48. The van der Waals surface area contributed by atoms with Gasteiger partial charge in [0.2, 0.25) is 18.6 Å². The lowest BCUT2D eigenvalue weighted by Gasteiger charge is -2.34. The summed E-state index contributed by atoms with van der Waals surface area (Å²) < 4.78 is 13.0. The first-order valence-electron chi connectivity index (χ1n) is 15.4. The maximum absolute atomic E-state index is 14.0. The fourth-order valence-corrected chi connectivity index (χ4v) is 6.62. The van der Waals surface area contributed by atoms with Crippen molar-refractivity contribution in [2.45, 2.75) is 51.2 Å². The number of benzene rings is 1. The minimum absolute atomic E-state index is 0.000751. The van der Waals surface area contributed by atoms with Crippen LogP contribution in [0.3, 0.4) is 0 Å². The number of hydrogen-bond donors (Lipinski definition) is 2. The summed E-state index contributed by atoms with van der Waals surface area (Å²) in [5.74, 6) is -2.17. The van der Waals surface area contributed by atoms with Crippen molar-refractivity contribution in [1.82, 2.24) is 14.7 Å². The van der Waals surface area contributed by atoms with E-state index in [-0.39, 0.29) is 57.7 Å². The highest BCUT2D eigenvalue weighted by Crippen LogP contribution is 2.44. The normalized spacial score (nSPS) is 21.5. The van der Waals surface area contributed by atoms with Crippen molar-refractivity contribution in [1.29, 1.82) is 0 Å². The van der Waals surface area contributed by atoms with Crippen molar-refractivity contribution in [2.24, 2.45) is 13.0 Å². The van der Waals surface area contributed by atoms with Crippen LogP contribution in [-0.2, 0) is 28.0 Å². The molecule has 3 atom stereocenters. The van der Waals surface area contributed by atoms with E-state index in [1.165, 1.54) is 9.80 Å². The number of aliphatic carboxylic acids is 1. The number of fused-ring (bicyclic) bond motifs is 1. The number of carbonyl (C=O) groups excluding carboxylic acids is 3. The molecule has 13 nitrogen and oxygen atoms in total. The van der Waals surface area contributed by atoms with Gasteiger partial charge in [-0.15, -0.1) is 0 Å². The molecule has 45 heavy (non-hydrogen) atoms. The predicted octanol–water partition coefficient (Wildman–Crippen LogP) is 1.71. The number of imide groups is 1. The van der Waals surface area contributed by atoms with Gasteiger partial charge < -0.3 is 29.5 Å². The number of likely N-dealkylation sites (tertiary alicyclic amines) is 1. The van der Waals surface area contributed by atoms with Crippen LogP contribution < -0.4 is 18.9 Å². The van der Waals surface area contributed by atoms with E-state index in [0.29, 0.717) is 35.7 Å². The van der Waals surface area contributed by atoms with E-state index in [0.717, 1.165) is 18.5 Å². The van der Waals surface area contributed by atoms with E-state index in [9.17, 15) is 29.4 Å². The summed E-state index contributed by atoms with van der Waals surface area (Å²) in [4.78, 5) is 58.8. The molecule has 13 heteroatoms. The second-order valence-electron chi connectivity index (χ2n) is 12.0. The van der Waals surface area contributed by atoms with Gasteiger partial charge in [-0.25, -0.2) is 9.36 Å². The van der Waals surface area contributed by atoms with E-state index in [1.807, 2.05) is 41.0 Å². The molecule has 0 radical (unpaired) electrons. The second-order valence-corrected chi connectivity index (χ2v) is 12.0.